The van der Waals surface area contributed by atoms with Gasteiger partial charge in [-0.05, 0) is 73.3 Å². The van der Waals surface area contributed by atoms with Crippen molar-refractivity contribution in [1.82, 2.24) is 0 Å². The molecule has 1 fully saturated rings. The van der Waals surface area contributed by atoms with E-state index >= 15 is 0 Å². The minimum absolute atomic E-state index is 0.0673. The van der Waals surface area contributed by atoms with Crippen LogP contribution in [0.5, 0.6) is 5.75 Å². The number of ketones is 2. The number of hydrogen-bond acceptors (Lipinski definition) is 6. The lowest BCUT2D eigenvalue weighted by Gasteiger charge is -2.47. The number of phenolic OH excluding ortho intramolecular Hbond substituents is 1. The molecule has 2 aliphatic carbocycles. The number of rotatable bonds is 5. The van der Waals surface area contributed by atoms with Gasteiger partial charge >= 0.3 is 7.12 Å². The molecule has 1 saturated heterocycles. The van der Waals surface area contributed by atoms with Gasteiger partial charge in [0.15, 0.2) is 11.6 Å². The maximum atomic E-state index is 13.6. The monoisotopic (exact) mass is 506 g/mol. The highest BCUT2D eigenvalue weighted by Crippen LogP contribution is 2.50. The Kier molecular flexibility index (Phi) is 6.92. The number of aromatic hydroxyl groups is 1. The molecule has 0 aromatic heterocycles. The zero-order valence-electron chi connectivity index (χ0n) is 20.0. The Morgan fingerprint density at radius 3 is 2.56 bits per heavy atom. The van der Waals surface area contributed by atoms with Gasteiger partial charge in [0, 0.05) is 23.0 Å². The highest BCUT2D eigenvalue weighted by Gasteiger charge is 2.53. The third kappa shape index (κ3) is 4.45. The van der Waals surface area contributed by atoms with Crippen LogP contribution in [0.3, 0.4) is 0 Å². The van der Waals surface area contributed by atoms with Gasteiger partial charge in [-0.15, -0.1) is 0 Å². The standard InChI is InChI=1S/C28H28BClO6/c1-15(10-16-7-8-18(32)12-23(16)30)6-9-24-25-17(14-31)11-21-26(22(25)13-29(35)36-24)28(34)20-5-3-2-4-19(20)27(21)33/h2-5,7-8,10,12,21-22,24,26,31-32,35H,6,9,11,13-14H2,1H3/b15-10+/t21-,22+,24-,26-/m1/s1. The molecule has 36 heavy (non-hydrogen) atoms. The Balaban J connectivity index is 1.44. The number of hydrogen-bond donors (Lipinski definition) is 3. The molecule has 0 radical (unpaired) electrons. The predicted octanol–water partition coefficient (Wildman–Crippen LogP) is 4.73. The van der Waals surface area contributed by atoms with Crippen LogP contribution in [0.25, 0.3) is 6.08 Å². The van der Waals surface area contributed by atoms with Gasteiger partial charge in [0.2, 0.25) is 0 Å². The molecule has 0 bridgehead atoms. The molecule has 4 atom stereocenters. The summed E-state index contributed by atoms with van der Waals surface area (Å²) < 4.78 is 5.94. The molecule has 5 rings (SSSR count). The number of carbonyl (C=O) groups is 2. The number of Topliss-reactive ketones (excluding diaryl/α,β-unsaturated/α-hetero) is 2. The molecule has 1 aliphatic heterocycles. The molecule has 186 valence electrons. The molecule has 6 nitrogen and oxygen atoms in total. The lowest BCUT2D eigenvalue weighted by molar-refractivity contribution is 0.0590. The molecular weight excluding hydrogens is 479 g/mol. The topological polar surface area (TPSA) is 104 Å². The third-order valence-electron chi connectivity index (χ3n) is 7.74. The van der Waals surface area contributed by atoms with E-state index in [0.717, 1.165) is 22.3 Å². The first-order valence-electron chi connectivity index (χ1n) is 12.3. The van der Waals surface area contributed by atoms with Gasteiger partial charge in [0.1, 0.15) is 5.75 Å². The molecule has 0 saturated carbocycles. The van der Waals surface area contributed by atoms with E-state index in [4.69, 9.17) is 16.3 Å². The third-order valence-corrected chi connectivity index (χ3v) is 8.07. The fourth-order valence-electron chi connectivity index (χ4n) is 6.14. The van der Waals surface area contributed by atoms with Gasteiger partial charge in [-0.2, -0.15) is 0 Å². The molecule has 0 amide bonds. The summed E-state index contributed by atoms with van der Waals surface area (Å²) in [6, 6.07) is 11.7. The molecule has 2 aromatic carbocycles. The Hall–Kier alpha value is -2.71. The quantitative estimate of drug-likeness (QED) is 0.400. The van der Waals surface area contributed by atoms with Crippen molar-refractivity contribution in [3.05, 3.63) is 80.9 Å². The molecular formula is C28H28BClO6. The Labute approximate surface area is 215 Å². The van der Waals surface area contributed by atoms with Gasteiger partial charge in [0.05, 0.1) is 17.7 Å². The lowest BCUT2D eigenvalue weighted by atomic mass is 9.54. The zero-order chi connectivity index (χ0) is 25.6. The van der Waals surface area contributed by atoms with E-state index in [0.29, 0.717) is 35.4 Å². The molecule has 2 aromatic rings. The Bertz CT molecular complexity index is 1280. The zero-order valence-corrected chi connectivity index (χ0v) is 20.7. The predicted molar refractivity (Wildman–Crippen MR) is 138 cm³/mol. The van der Waals surface area contributed by atoms with Crippen molar-refractivity contribution in [2.75, 3.05) is 6.61 Å². The van der Waals surface area contributed by atoms with Crippen LogP contribution in [0.15, 0.2) is 59.2 Å². The normalized spacial score (nSPS) is 26.0. The van der Waals surface area contributed by atoms with Crippen molar-refractivity contribution in [3.63, 3.8) is 0 Å². The molecule has 0 spiro atoms. The number of aliphatic hydroxyl groups excluding tert-OH is 1. The molecule has 3 N–H and O–H groups in total. The summed E-state index contributed by atoms with van der Waals surface area (Å²) in [5, 5.41) is 30.9. The maximum Gasteiger partial charge on any atom is 0.455 e. The van der Waals surface area contributed by atoms with Crippen LogP contribution in [-0.4, -0.2) is 46.6 Å². The second kappa shape index (κ2) is 9.98. The molecule has 0 unspecified atom stereocenters. The Morgan fingerprint density at radius 2 is 1.86 bits per heavy atom. The van der Waals surface area contributed by atoms with E-state index in [-0.39, 0.29) is 36.2 Å². The van der Waals surface area contributed by atoms with E-state index in [2.05, 4.69) is 0 Å². The molecule has 8 heteroatoms. The van der Waals surface area contributed by atoms with Crippen molar-refractivity contribution < 1.29 is 29.5 Å². The highest BCUT2D eigenvalue weighted by atomic mass is 35.5. The lowest BCUT2D eigenvalue weighted by Crippen LogP contribution is -2.51. The second-order valence-electron chi connectivity index (χ2n) is 9.98. The summed E-state index contributed by atoms with van der Waals surface area (Å²) in [6.07, 6.45) is 3.18. The average molecular weight is 507 g/mol. The summed E-state index contributed by atoms with van der Waals surface area (Å²) >= 11 is 6.24. The summed E-state index contributed by atoms with van der Waals surface area (Å²) in [4.78, 5) is 26.9. The smallest absolute Gasteiger partial charge is 0.455 e. The van der Waals surface area contributed by atoms with Crippen molar-refractivity contribution in [3.8, 4) is 5.75 Å². The van der Waals surface area contributed by atoms with Crippen molar-refractivity contribution in [1.29, 1.82) is 0 Å². The van der Waals surface area contributed by atoms with Crippen molar-refractivity contribution in [2.24, 2.45) is 17.8 Å². The highest BCUT2D eigenvalue weighted by molar-refractivity contribution is 6.43. The number of halogens is 1. The van der Waals surface area contributed by atoms with Crippen LogP contribution >= 0.6 is 11.6 Å². The average Bonchev–Trinajstić information content (AvgIpc) is 2.86. The van der Waals surface area contributed by atoms with Crippen LogP contribution in [-0.2, 0) is 4.65 Å². The molecule has 3 aliphatic rings. The maximum absolute atomic E-state index is 13.6. The first kappa shape index (κ1) is 25.0. The van der Waals surface area contributed by atoms with E-state index in [1.807, 2.05) is 13.0 Å². The second-order valence-corrected chi connectivity index (χ2v) is 10.4. The number of allylic oxidation sites excluding steroid dienone is 1. The molecule has 1 heterocycles. The fourth-order valence-corrected chi connectivity index (χ4v) is 6.37. The van der Waals surface area contributed by atoms with Crippen LogP contribution < -0.4 is 0 Å². The van der Waals surface area contributed by atoms with Gasteiger partial charge in [-0.3, -0.25) is 9.59 Å². The van der Waals surface area contributed by atoms with Crippen LogP contribution in [0.2, 0.25) is 11.3 Å². The van der Waals surface area contributed by atoms with Crippen LogP contribution in [0.1, 0.15) is 52.5 Å². The first-order valence-corrected chi connectivity index (χ1v) is 12.7. The number of carbonyl (C=O) groups excluding carboxylic acids is 2. The first-order chi connectivity index (χ1) is 17.3. The van der Waals surface area contributed by atoms with Gasteiger partial charge in [-0.25, -0.2) is 0 Å². The number of fused-ring (bicyclic) bond motifs is 4. The summed E-state index contributed by atoms with van der Waals surface area (Å²) in [5.41, 5.74) is 4.30. The van der Waals surface area contributed by atoms with E-state index < -0.39 is 25.1 Å². The fraction of sp³-hybridized carbons (Fsp3) is 0.357. The van der Waals surface area contributed by atoms with Gasteiger partial charge in [-0.1, -0.05) is 47.5 Å². The van der Waals surface area contributed by atoms with E-state index in [1.165, 1.54) is 6.07 Å². The Morgan fingerprint density at radius 1 is 1.14 bits per heavy atom. The number of benzene rings is 2. The SMILES string of the molecule is C/C(=C\c1ccc(O)cc1Cl)CC[C@H]1OB(O)C[C@H]2C1=C(CO)C[C@H]1C(=O)c3ccccc3C(=O)[C@H]12. The van der Waals surface area contributed by atoms with Crippen LogP contribution in [0.4, 0.5) is 0 Å². The minimum atomic E-state index is -1.06. The largest absolute Gasteiger partial charge is 0.508 e. The van der Waals surface area contributed by atoms with Gasteiger partial charge < -0.3 is 19.9 Å². The van der Waals surface area contributed by atoms with Crippen LogP contribution in [0, 0.1) is 17.8 Å². The van der Waals surface area contributed by atoms with E-state index in [1.54, 1.807) is 36.4 Å². The van der Waals surface area contributed by atoms with Crippen molar-refractivity contribution in [2.45, 2.75) is 38.6 Å². The minimum Gasteiger partial charge on any atom is -0.508 e. The van der Waals surface area contributed by atoms with E-state index in [9.17, 15) is 24.8 Å². The van der Waals surface area contributed by atoms with Gasteiger partial charge in [0.25, 0.3) is 0 Å². The number of aliphatic hydroxyl groups is 1. The summed E-state index contributed by atoms with van der Waals surface area (Å²) in [6.45, 7) is 1.75. The van der Waals surface area contributed by atoms with Crippen molar-refractivity contribution >= 4 is 36.4 Å². The summed E-state index contributed by atoms with van der Waals surface area (Å²) in [7, 11) is -1.06. The number of phenols is 1. The summed E-state index contributed by atoms with van der Waals surface area (Å²) in [5.74, 6) is -1.50.